The first-order valence-corrected chi connectivity index (χ1v) is 3.78. The molecular formula is C7H14FNO. The molecular weight excluding hydrogens is 133 g/mol. The van der Waals surface area contributed by atoms with Gasteiger partial charge in [-0.1, -0.05) is 6.92 Å². The molecule has 1 rings (SSSR count). The summed E-state index contributed by atoms with van der Waals surface area (Å²) in [5.41, 5.74) is 0. The van der Waals surface area contributed by atoms with Crippen LogP contribution in [0.15, 0.2) is 0 Å². The maximum absolute atomic E-state index is 12.6. The van der Waals surface area contributed by atoms with E-state index in [1.165, 1.54) is 0 Å². The largest absolute Gasteiger partial charge is 0.389 e. The summed E-state index contributed by atoms with van der Waals surface area (Å²) in [6.45, 7) is 4.21. The third-order valence-corrected chi connectivity index (χ3v) is 2.03. The maximum atomic E-state index is 12.6. The number of aliphatic hydroxyl groups is 1. The molecule has 0 aromatic heterocycles. The first-order chi connectivity index (χ1) is 4.74. The number of alkyl halides is 1. The average Bonchev–Trinajstić information content (AvgIpc) is 1.95. The Morgan fingerprint density at radius 1 is 1.70 bits per heavy atom. The fourth-order valence-electron chi connectivity index (χ4n) is 1.26. The molecule has 0 saturated carbocycles. The van der Waals surface area contributed by atoms with E-state index >= 15 is 0 Å². The summed E-state index contributed by atoms with van der Waals surface area (Å²) in [6.07, 6.45) is -1.27. The Bertz CT molecular complexity index is 110. The number of hydrogen-bond acceptors (Lipinski definition) is 2. The molecule has 60 valence electrons. The third kappa shape index (κ3) is 1.67. The Morgan fingerprint density at radius 3 is 2.90 bits per heavy atom. The second kappa shape index (κ2) is 3.30. The number of piperidine rings is 1. The minimum absolute atomic E-state index is 0.481. The molecule has 0 bridgehead atoms. The minimum Gasteiger partial charge on any atom is -0.389 e. The second-order valence-corrected chi connectivity index (χ2v) is 2.77. The van der Waals surface area contributed by atoms with E-state index in [2.05, 4.69) is 4.90 Å². The van der Waals surface area contributed by atoms with E-state index in [1.807, 2.05) is 6.92 Å². The molecule has 3 heteroatoms. The normalized spacial score (nSPS) is 36.3. The number of hydrogen-bond donors (Lipinski definition) is 1. The Morgan fingerprint density at radius 2 is 2.40 bits per heavy atom. The molecule has 0 aromatic rings. The molecule has 0 aliphatic carbocycles. The molecule has 2 nitrogen and oxygen atoms in total. The topological polar surface area (TPSA) is 23.5 Å². The van der Waals surface area contributed by atoms with Gasteiger partial charge in [0, 0.05) is 13.1 Å². The van der Waals surface area contributed by atoms with Crippen molar-refractivity contribution in [2.75, 3.05) is 19.6 Å². The molecule has 2 atom stereocenters. The van der Waals surface area contributed by atoms with E-state index in [0.717, 1.165) is 13.1 Å². The standard InChI is InChI=1S/C7H14FNO/c1-2-9-4-3-6(8)7(10)5-9/h6-7,10H,2-5H2,1H3/t6-,7-/m0/s1. The second-order valence-electron chi connectivity index (χ2n) is 2.77. The molecule has 0 spiro atoms. The molecule has 1 aliphatic rings. The van der Waals surface area contributed by atoms with Crippen LogP contribution in [0.2, 0.25) is 0 Å². The number of rotatable bonds is 1. The van der Waals surface area contributed by atoms with E-state index in [0.29, 0.717) is 13.0 Å². The summed E-state index contributed by atoms with van der Waals surface area (Å²) >= 11 is 0. The molecule has 1 N–H and O–H groups in total. The average molecular weight is 147 g/mol. The monoisotopic (exact) mass is 147 g/mol. The molecule has 10 heavy (non-hydrogen) atoms. The lowest BCUT2D eigenvalue weighted by Gasteiger charge is -2.31. The summed E-state index contributed by atoms with van der Waals surface area (Å²) in [5, 5.41) is 9.06. The Kier molecular flexibility index (Phi) is 2.63. The van der Waals surface area contributed by atoms with Crippen LogP contribution in [0.4, 0.5) is 4.39 Å². The zero-order valence-electron chi connectivity index (χ0n) is 6.26. The summed E-state index contributed by atoms with van der Waals surface area (Å²) in [7, 11) is 0. The molecule has 0 aromatic carbocycles. The summed E-state index contributed by atoms with van der Waals surface area (Å²) < 4.78 is 12.6. The van der Waals surface area contributed by atoms with Crippen LogP contribution in [0.1, 0.15) is 13.3 Å². The first kappa shape index (κ1) is 7.95. The van der Waals surface area contributed by atoms with E-state index in [1.54, 1.807) is 0 Å². The first-order valence-electron chi connectivity index (χ1n) is 3.78. The highest BCUT2D eigenvalue weighted by atomic mass is 19.1. The predicted octanol–water partition coefficient (Wildman–Crippen LogP) is 0.411. The summed E-state index contributed by atoms with van der Waals surface area (Å²) in [5.74, 6) is 0. The van der Waals surface area contributed by atoms with E-state index < -0.39 is 12.3 Å². The van der Waals surface area contributed by atoms with Crippen molar-refractivity contribution in [3.8, 4) is 0 Å². The van der Waals surface area contributed by atoms with Crippen molar-refractivity contribution in [2.45, 2.75) is 25.6 Å². The van der Waals surface area contributed by atoms with E-state index in [9.17, 15) is 4.39 Å². The van der Waals surface area contributed by atoms with Gasteiger partial charge in [0.1, 0.15) is 6.17 Å². The van der Waals surface area contributed by atoms with Gasteiger partial charge in [0.15, 0.2) is 0 Å². The SMILES string of the molecule is CCN1CC[C@H](F)[C@@H](O)C1. The van der Waals surface area contributed by atoms with Crippen LogP contribution in [0, 0.1) is 0 Å². The van der Waals surface area contributed by atoms with Crippen LogP contribution in [0.25, 0.3) is 0 Å². The van der Waals surface area contributed by atoms with Gasteiger partial charge in [-0.15, -0.1) is 0 Å². The van der Waals surface area contributed by atoms with Crippen LogP contribution in [0.5, 0.6) is 0 Å². The van der Waals surface area contributed by atoms with Crippen LogP contribution in [-0.4, -0.2) is 41.9 Å². The summed E-state index contributed by atoms with van der Waals surface area (Å²) in [4.78, 5) is 2.06. The van der Waals surface area contributed by atoms with Gasteiger partial charge < -0.3 is 10.0 Å². The molecule has 1 heterocycles. The van der Waals surface area contributed by atoms with Crippen molar-refractivity contribution in [3.05, 3.63) is 0 Å². The molecule has 0 unspecified atom stereocenters. The van der Waals surface area contributed by atoms with Gasteiger partial charge in [0.2, 0.25) is 0 Å². The molecule has 0 radical (unpaired) electrons. The van der Waals surface area contributed by atoms with Gasteiger partial charge in [0.25, 0.3) is 0 Å². The van der Waals surface area contributed by atoms with Gasteiger partial charge in [0.05, 0.1) is 6.10 Å². The smallest absolute Gasteiger partial charge is 0.128 e. The van der Waals surface area contributed by atoms with Gasteiger partial charge in [-0.05, 0) is 13.0 Å². The van der Waals surface area contributed by atoms with E-state index in [-0.39, 0.29) is 0 Å². The lowest BCUT2D eigenvalue weighted by atomic mass is 10.1. The van der Waals surface area contributed by atoms with Gasteiger partial charge in [-0.25, -0.2) is 4.39 Å². The van der Waals surface area contributed by atoms with Crippen LogP contribution >= 0.6 is 0 Å². The number of likely N-dealkylation sites (tertiary alicyclic amines) is 1. The highest BCUT2D eigenvalue weighted by Gasteiger charge is 2.25. The van der Waals surface area contributed by atoms with Crippen molar-refractivity contribution in [1.29, 1.82) is 0 Å². The quantitative estimate of drug-likeness (QED) is 0.580. The van der Waals surface area contributed by atoms with E-state index in [4.69, 9.17) is 5.11 Å². The number of aliphatic hydroxyl groups excluding tert-OH is 1. The molecule has 0 amide bonds. The lowest BCUT2D eigenvalue weighted by Crippen LogP contribution is -2.44. The highest BCUT2D eigenvalue weighted by Crippen LogP contribution is 2.13. The number of nitrogens with zero attached hydrogens (tertiary/aromatic N) is 1. The molecule has 1 aliphatic heterocycles. The van der Waals surface area contributed by atoms with Crippen molar-refractivity contribution in [1.82, 2.24) is 4.90 Å². The van der Waals surface area contributed by atoms with Gasteiger partial charge in [-0.2, -0.15) is 0 Å². The highest BCUT2D eigenvalue weighted by molar-refractivity contribution is 4.78. The molecule has 1 saturated heterocycles. The third-order valence-electron chi connectivity index (χ3n) is 2.03. The molecule has 1 fully saturated rings. The van der Waals surface area contributed by atoms with Crippen molar-refractivity contribution < 1.29 is 9.50 Å². The van der Waals surface area contributed by atoms with Crippen LogP contribution in [0.3, 0.4) is 0 Å². The lowest BCUT2D eigenvalue weighted by molar-refractivity contribution is 0.00556. The zero-order chi connectivity index (χ0) is 7.56. The summed E-state index contributed by atoms with van der Waals surface area (Å²) in [6, 6.07) is 0. The fraction of sp³-hybridized carbons (Fsp3) is 1.00. The number of halogens is 1. The van der Waals surface area contributed by atoms with Crippen molar-refractivity contribution >= 4 is 0 Å². The van der Waals surface area contributed by atoms with Crippen LogP contribution in [-0.2, 0) is 0 Å². The minimum atomic E-state index is -0.997. The van der Waals surface area contributed by atoms with Crippen molar-refractivity contribution in [3.63, 3.8) is 0 Å². The number of likely N-dealkylation sites (N-methyl/N-ethyl adjacent to an activating group) is 1. The van der Waals surface area contributed by atoms with Crippen LogP contribution < -0.4 is 0 Å². The predicted molar refractivity (Wildman–Crippen MR) is 37.6 cm³/mol. The maximum Gasteiger partial charge on any atom is 0.128 e. The number of β-amino-alcohol motifs (C(OH)–C–C–N with tert-alkyl or cyclic N) is 1. The van der Waals surface area contributed by atoms with Gasteiger partial charge in [-0.3, -0.25) is 0 Å². The van der Waals surface area contributed by atoms with Gasteiger partial charge >= 0.3 is 0 Å². The Hall–Kier alpha value is -0.150. The fourth-order valence-corrected chi connectivity index (χ4v) is 1.26. The Labute approximate surface area is 60.6 Å². The zero-order valence-corrected chi connectivity index (χ0v) is 6.26. The Balaban J connectivity index is 2.33. The van der Waals surface area contributed by atoms with Crippen molar-refractivity contribution in [2.24, 2.45) is 0 Å².